The predicted molar refractivity (Wildman–Crippen MR) is 90.1 cm³/mol. The highest BCUT2D eigenvalue weighted by Crippen LogP contribution is 2.19. The van der Waals surface area contributed by atoms with Crippen LogP contribution in [0.4, 0.5) is 5.69 Å². The van der Waals surface area contributed by atoms with Gasteiger partial charge in [-0.05, 0) is 30.7 Å². The molecule has 0 aliphatic rings. The Balaban J connectivity index is 1.58. The van der Waals surface area contributed by atoms with Crippen molar-refractivity contribution in [2.75, 3.05) is 11.1 Å². The van der Waals surface area contributed by atoms with Crippen LogP contribution < -0.4 is 5.32 Å². The summed E-state index contributed by atoms with van der Waals surface area (Å²) >= 11 is 1.29. The maximum atomic E-state index is 12.0. The van der Waals surface area contributed by atoms with Crippen LogP contribution in [-0.4, -0.2) is 31.8 Å². The van der Waals surface area contributed by atoms with Crippen molar-refractivity contribution < 1.29 is 4.79 Å². The van der Waals surface area contributed by atoms with Crippen molar-refractivity contribution in [2.45, 2.75) is 12.1 Å². The molecule has 2 N–H and O–H groups in total. The van der Waals surface area contributed by atoms with Gasteiger partial charge in [0.05, 0.1) is 5.75 Å². The van der Waals surface area contributed by atoms with E-state index in [2.05, 4.69) is 25.5 Å². The molecule has 116 valence electrons. The molecule has 0 atom stereocenters. The first kappa shape index (κ1) is 15.2. The molecule has 0 bridgehead atoms. The number of rotatable bonds is 5. The number of aromatic amines is 1. The molecule has 23 heavy (non-hydrogen) atoms. The molecule has 2 aromatic heterocycles. The van der Waals surface area contributed by atoms with Crippen molar-refractivity contribution in [1.82, 2.24) is 20.2 Å². The molecule has 0 saturated heterocycles. The van der Waals surface area contributed by atoms with Gasteiger partial charge in [-0.3, -0.25) is 14.9 Å². The Bertz CT molecular complexity index is 803. The van der Waals surface area contributed by atoms with Gasteiger partial charge in [-0.25, -0.2) is 4.98 Å². The molecular weight excluding hydrogens is 310 g/mol. The smallest absolute Gasteiger partial charge is 0.234 e. The lowest BCUT2D eigenvalue weighted by Gasteiger charge is -2.06. The molecule has 0 spiro atoms. The molecule has 0 radical (unpaired) electrons. The molecule has 3 aromatic rings. The molecule has 0 fully saturated rings. The number of aromatic nitrogens is 4. The summed E-state index contributed by atoms with van der Waals surface area (Å²) in [6.45, 7) is 1.96. The Labute approximate surface area is 137 Å². The molecule has 7 heteroatoms. The largest absolute Gasteiger partial charge is 0.325 e. The van der Waals surface area contributed by atoms with Crippen molar-refractivity contribution in [3.63, 3.8) is 0 Å². The first-order valence-electron chi connectivity index (χ1n) is 7.03. The number of hydrogen-bond acceptors (Lipinski definition) is 5. The summed E-state index contributed by atoms with van der Waals surface area (Å²) in [5.41, 5.74) is 2.76. The molecular formula is C16H15N5OS. The van der Waals surface area contributed by atoms with Crippen molar-refractivity contribution in [1.29, 1.82) is 0 Å². The highest BCUT2D eigenvalue weighted by Gasteiger charge is 2.09. The maximum Gasteiger partial charge on any atom is 0.234 e. The fraction of sp³-hybridized carbons (Fsp3) is 0.125. The Hall–Kier alpha value is -2.67. The normalized spacial score (nSPS) is 10.5. The average molecular weight is 325 g/mol. The summed E-state index contributed by atoms with van der Waals surface area (Å²) in [5.74, 6) is 0.830. The molecule has 1 aromatic carbocycles. The second-order valence-electron chi connectivity index (χ2n) is 4.85. The summed E-state index contributed by atoms with van der Waals surface area (Å²) in [7, 11) is 0. The first-order chi connectivity index (χ1) is 11.2. The van der Waals surface area contributed by atoms with Crippen molar-refractivity contribution in [2.24, 2.45) is 0 Å². The molecule has 6 nitrogen and oxygen atoms in total. The van der Waals surface area contributed by atoms with Crippen LogP contribution >= 0.6 is 11.8 Å². The molecule has 2 heterocycles. The van der Waals surface area contributed by atoms with E-state index in [1.807, 2.05) is 43.3 Å². The van der Waals surface area contributed by atoms with Crippen LogP contribution in [-0.2, 0) is 4.79 Å². The summed E-state index contributed by atoms with van der Waals surface area (Å²) in [6.07, 6.45) is 3.39. The second-order valence-corrected chi connectivity index (χ2v) is 5.80. The van der Waals surface area contributed by atoms with Crippen LogP contribution in [0.1, 0.15) is 5.56 Å². The van der Waals surface area contributed by atoms with E-state index in [-0.39, 0.29) is 11.7 Å². The third kappa shape index (κ3) is 3.95. The predicted octanol–water partition coefficient (Wildman–Crippen LogP) is 2.91. The monoisotopic (exact) mass is 325 g/mol. The van der Waals surface area contributed by atoms with Crippen LogP contribution in [0.25, 0.3) is 11.4 Å². The highest BCUT2D eigenvalue weighted by atomic mass is 32.2. The lowest BCUT2D eigenvalue weighted by atomic mass is 10.2. The van der Waals surface area contributed by atoms with E-state index in [0.29, 0.717) is 11.0 Å². The molecule has 3 rings (SSSR count). The third-order valence-corrected chi connectivity index (χ3v) is 4.02. The van der Waals surface area contributed by atoms with Gasteiger partial charge in [-0.15, -0.1) is 5.10 Å². The summed E-state index contributed by atoms with van der Waals surface area (Å²) in [5, 5.41) is 10.4. The fourth-order valence-electron chi connectivity index (χ4n) is 1.98. The molecule has 1 amide bonds. The molecule has 0 unspecified atom stereocenters. The SMILES string of the molecule is Cc1ccccc1NC(=O)CSc1n[nH]c(-c2ccncc2)n1. The van der Waals surface area contributed by atoms with E-state index in [1.54, 1.807) is 12.4 Å². The van der Waals surface area contributed by atoms with Crippen molar-refractivity contribution in [3.8, 4) is 11.4 Å². The number of carbonyl (C=O) groups excluding carboxylic acids is 1. The number of amides is 1. The Morgan fingerprint density at radius 2 is 2.00 bits per heavy atom. The number of nitrogens with one attached hydrogen (secondary N) is 2. The average Bonchev–Trinajstić information content (AvgIpc) is 3.05. The van der Waals surface area contributed by atoms with Gasteiger partial charge >= 0.3 is 0 Å². The standard InChI is InChI=1S/C16H15N5OS/c1-11-4-2-3-5-13(11)18-14(22)10-23-16-19-15(20-21-16)12-6-8-17-9-7-12/h2-9H,10H2,1H3,(H,18,22)(H,19,20,21). The minimum absolute atomic E-state index is 0.0837. The summed E-state index contributed by atoms with van der Waals surface area (Å²) < 4.78 is 0. The zero-order chi connectivity index (χ0) is 16.1. The number of pyridine rings is 1. The van der Waals surface area contributed by atoms with E-state index in [0.717, 1.165) is 16.8 Å². The zero-order valence-corrected chi connectivity index (χ0v) is 13.3. The van der Waals surface area contributed by atoms with Gasteiger partial charge in [0.15, 0.2) is 5.82 Å². The number of para-hydroxylation sites is 1. The van der Waals surface area contributed by atoms with E-state index < -0.39 is 0 Å². The highest BCUT2D eigenvalue weighted by molar-refractivity contribution is 7.99. The summed E-state index contributed by atoms with van der Waals surface area (Å²) in [4.78, 5) is 20.3. The number of H-pyrrole nitrogens is 1. The van der Waals surface area contributed by atoms with Crippen LogP contribution in [0.2, 0.25) is 0 Å². The lowest BCUT2D eigenvalue weighted by Crippen LogP contribution is -2.14. The topological polar surface area (TPSA) is 83.6 Å². The van der Waals surface area contributed by atoms with E-state index >= 15 is 0 Å². The van der Waals surface area contributed by atoms with Gasteiger partial charge in [0.25, 0.3) is 0 Å². The van der Waals surface area contributed by atoms with Crippen molar-refractivity contribution >= 4 is 23.4 Å². The molecule has 0 aliphatic heterocycles. The number of hydrogen-bond donors (Lipinski definition) is 2. The lowest BCUT2D eigenvalue weighted by molar-refractivity contribution is -0.113. The van der Waals surface area contributed by atoms with E-state index in [4.69, 9.17) is 0 Å². The number of anilines is 1. The van der Waals surface area contributed by atoms with Gasteiger partial charge < -0.3 is 5.32 Å². The number of benzene rings is 1. The number of aryl methyl sites for hydroxylation is 1. The fourth-order valence-corrected chi connectivity index (χ4v) is 2.58. The number of nitrogens with zero attached hydrogens (tertiary/aromatic N) is 3. The minimum atomic E-state index is -0.0837. The van der Waals surface area contributed by atoms with Gasteiger partial charge in [0.1, 0.15) is 0 Å². The van der Waals surface area contributed by atoms with E-state index in [9.17, 15) is 4.79 Å². The van der Waals surface area contributed by atoms with Crippen LogP contribution in [0, 0.1) is 6.92 Å². The Morgan fingerprint density at radius 1 is 1.22 bits per heavy atom. The molecule has 0 aliphatic carbocycles. The summed E-state index contributed by atoms with van der Waals surface area (Å²) in [6, 6.07) is 11.4. The zero-order valence-electron chi connectivity index (χ0n) is 12.5. The van der Waals surface area contributed by atoms with Crippen LogP contribution in [0.15, 0.2) is 53.9 Å². The quantitative estimate of drug-likeness (QED) is 0.705. The molecule has 0 saturated carbocycles. The number of carbonyl (C=O) groups is 1. The van der Waals surface area contributed by atoms with Gasteiger partial charge in [-0.1, -0.05) is 30.0 Å². The Morgan fingerprint density at radius 3 is 2.78 bits per heavy atom. The first-order valence-corrected chi connectivity index (χ1v) is 8.02. The third-order valence-electron chi connectivity index (χ3n) is 3.17. The van der Waals surface area contributed by atoms with Crippen LogP contribution in [0.3, 0.4) is 0 Å². The van der Waals surface area contributed by atoms with E-state index in [1.165, 1.54) is 11.8 Å². The Kier molecular flexibility index (Phi) is 4.68. The number of thioether (sulfide) groups is 1. The van der Waals surface area contributed by atoms with Crippen molar-refractivity contribution in [3.05, 3.63) is 54.4 Å². The van der Waals surface area contributed by atoms with Gasteiger partial charge in [0.2, 0.25) is 11.1 Å². The van der Waals surface area contributed by atoms with Gasteiger partial charge in [-0.2, -0.15) is 0 Å². The minimum Gasteiger partial charge on any atom is -0.325 e. The van der Waals surface area contributed by atoms with Gasteiger partial charge in [0, 0.05) is 23.6 Å². The van der Waals surface area contributed by atoms with Crippen LogP contribution in [0.5, 0.6) is 0 Å². The second kappa shape index (κ2) is 7.06. The maximum absolute atomic E-state index is 12.0.